The molecule has 94 valence electrons. The molecule has 0 bridgehead atoms. The third-order valence-electron chi connectivity index (χ3n) is 4.15. The molecule has 0 spiro atoms. The fraction of sp³-hybridized carbons (Fsp3) is 1.00. The molecule has 1 heterocycles. The van der Waals surface area contributed by atoms with E-state index in [1.54, 1.807) is 0 Å². The molecule has 2 aliphatic rings. The molecule has 2 N–H and O–H groups in total. The van der Waals surface area contributed by atoms with Crippen LogP contribution in [0.15, 0.2) is 0 Å². The second-order valence-corrected chi connectivity index (χ2v) is 5.73. The Hall–Kier alpha value is -0.120. The van der Waals surface area contributed by atoms with E-state index in [1.807, 2.05) is 0 Å². The molecule has 16 heavy (non-hydrogen) atoms. The topological polar surface area (TPSA) is 41.5 Å². The van der Waals surface area contributed by atoms with Crippen LogP contribution in [-0.4, -0.2) is 37.5 Å². The van der Waals surface area contributed by atoms with Crippen LogP contribution in [-0.2, 0) is 4.74 Å². The first-order valence-corrected chi connectivity index (χ1v) is 6.66. The average molecular weight is 227 g/mol. The molecular weight excluding hydrogens is 202 g/mol. The third kappa shape index (κ3) is 3.44. The summed E-state index contributed by atoms with van der Waals surface area (Å²) in [5.41, 5.74) is 0.240. The molecule has 1 saturated carbocycles. The molecule has 1 saturated heterocycles. The summed E-state index contributed by atoms with van der Waals surface area (Å²) in [6.07, 6.45) is 6.08. The fourth-order valence-corrected chi connectivity index (χ4v) is 2.52. The van der Waals surface area contributed by atoms with Crippen LogP contribution < -0.4 is 5.32 Å². The zero-order valence-corrected chi connectivity index (χ0v) is 10.4. The Morgan fingerprint density at radius 1 is 1.38 bits per heavy atom. The largest absolute Gasteiger partial charge is 0.396 e. The van der Waals surface area contributed by atoms with Crippen molar-refractivity contribution < 1.29 is 9.84 Å². The van der Waals surface area contributed by atoms with Crippen molar-refractivity contribution in [3.8, 4) is 0 Å². The maximum Gasteiger partial charge on any atom is 0.0499 e. The van der Waals surface area contributed by atoms with Crippen LogP contribution in [0.25, 0.3) is 0 Å². The van der Waals surface area contributed by atoms with E-state index in [1.165, 1.54) is 32.1 Å². The van der Waals surface area contributed by atoms with E-state index in [4.69, 9.17) is 4.74 Å². The first-order chi connectivity index (χ1) is 7.74. The first-order valence-electron chi connectivity index (χ1n) is 6.66. The second-order valence-electron chi connectivity index (χ2n) is 5.73. The van der Waals surface area contributed by atoms with Gasteiger partial charge in [0.1, 0.15) is 0 Å². The number of rotatable bonds is 6. The molecule has 1 atom stereocenters. The van der Waals surface area contributed by atoms with Crippen molar-refractivity contribution in [1.29, 1.82) is 0 Å². The highest BCUT2D eigenvalue weighted by Gasteiger charge is 2.41. The Labute approximate surface area is 98.6 Å². The summed E-state index contributed by atoms with van der Waals surface area (Å²) in [5.74, 6) is 0.834. The van der Waals surface area contributed by atoms with Gasteiger partial charge in [-0.25, -0.2) is 0 Å². The van der Waals surface area contributed by atoms with Crippen LogP contribution in [0.2, 0.25) is 0 Å². The number of hydrogen-bond donors (Lipinski definition) is 2. The molecule has 0 radical (unpaired) electrons. The van der Waals surface area contributed by atoms with Crippen molar-refractivity contribution in [2.75, 3.05) is 26.4 Å². The van der Waals surface area contributed by atoms with Gasteiger partial charge in [0, 0.05) is 37.8 Å². The van der Waals surface area contributed by atoms with Gasteiger partial charge in [-0.15, -0.1) is 0 Å². The minimum absolute atomic E-state index is 0.240. The average Bonchev–Trinajstić information content (AvgIpc) is 3.09. The molecular formula is C13H25NO2. The number of ether oxygens (including phenoxy) is 1. The normalized spacial score (nSPS) is 26.6. The Balaban J connectivity index is 1.62. The monoisotopic (exact) mass is 227 g/mol. The highest BCUT2D eigenvalue weighted by molar-refractivity contribution is 4.94. The van der Waals surface area contributed by atoms with Crippen LogP contribution in [0.3, 0.4) is 0 Å². The molecule has 1 aliphatic heterocycles. The minimum atomic E-state index is 0.240. The quantitative estimate of drug-likeness (QED) is 0.723. The number of aliphatic hydroxyl groups excluding tert-OH is 1. The maximum atomic E-state index is 9.23. The van der Waals surface area contributed by atoms with Gasteiger partial charge in [-0.2, -0.15) is 0 Å². The summed E-state index contributed by atoms with van der Waals surface area (Å²) in [6, 6.07) is 0.576. The van der Waals surface area contributed by atoms with Gasteiger partial charge in [-0.05, 0) is 44.9 Å². The molecule has 2 fully saturated rings. The van der Waals surface area contributed by atoms with E-state index in [9.17, 15) is 5.11 Å². The molecule has 2 rings (SSSR count). The molecule has 0 aromatic heterocycles. The highest BCUT2D eigenvalue weighted by atomic mass is 16.5. The van der Waals surface area contributed by atoms with E-state index in [2.05, 4.69) is 12.2 Å². The Kier molecular flexibility index (Phi) is 4.22. The molecule has 1 aliphatic carbocycles. The van der Waals surface area contributed by atoms with Crippen molar-refractivity contribution in [2.24, 2.45) is 11.3 Å². The summed E-state index contributed by atoms with van der Waals surface area (Å²) in [4.78, 5) is 0. The predicted octanol–water partition coefficient (Wildman–Crippen LogP) is 1.55. The number of hydrogen-bond acceptors (Lipinski definition) is 3. The van der Waals surface area contributed by atoms with E-state index in [0.29, 0.717) is 12.6 Å². The van der Waals surface area contributed by atoms with E-state index in [-0.39, 0.29) is 5.41 Å². The Morgan fingerprint density at radius 3 is 2.62 bits per heavy atom. The van der Waals surface area contributed by atoms with Crippen molar-refractivity contribution in [1.82, 2.24) is 5.32 Å². The van der Waals surface area contributed by atoms with Crippen molar-refractivity contribution in [2.45, 2.75) is 45.1 Å². The van der Waals surface area contributed by atoms with Crippen LogP contribution in [0.5, 0.6) is 0 Å². The van der Waals surface area contributed by atoms with Crippen molar-refractivity contribution in [3.05, 3.63) is 0 Å². The summed E-state index contributed by atoms with van der Waals surface area (Å²) in [5, 5.41) is 12.8. The number of aliphatic hydroxyl groups is 1. The van der Waals surface area contributed by atoms with Gasteiger partial charge >= 0.3 is 0 Å². The van der Waals surface area contributed by atoms with Crippen LogP contribution in [0.1, 0.15) is 39.0 Å². The molecule has 1 unspecified atom stereocenters. The fourth-order valence-electron chi connectivity index (χ4n) is 2.52. The van der Waals surface area contributed by atoms with Crippen LogP contribution in [0, 0.1) is 11.3 Å². The minimum Gasteiger partial charge on any atom is -0.396 e. The third-order valence-corrected chi connectivity index (χ3v) is 4.15. The van der Waals surface area contributed by atoms with Crippen LogP contribution in [0.4, 0.5) is 0 Å². The molecule has 0 aromatic rings. The maximum absolute atomic E-state index is 9.23. The first kappa shape index (κ1) is 12.3. The lowest BCUT2D eigenvalue weighted by Gasteiger charge is -2.26. The lowest BCUT2D eigenvalue weighted by molar-refractivity contribution is 0.0608. The smallest absolute Gasteiger partial charge is 0.0499 e. The van der Waals surface area contributed by atoms with Gasteiger partial charge in [0.25, 0.3) is 0 Å². The van der Waals surface area contributed by atoms with Gasteiger partial charge in [-0.1, -0.05) is 0 Å². The van der Waals surface area contributed by atoms with Crippen molar-refractivity contribution >= 4 is 0 Å². The summed E-state index contributed by atoms with van der Waals surface area (Å²) in [7, 11) is 0. The lowest BCUT2D eigenvalue weighted by Crippen LogP contribution is -2.35. The summed E-state index contributed by atoms with van der Waals surface area (Å²) >= 11 is 0. The summed E-state index contributed by atoms with van der Waals surface area (Å²) in [6.45, 7) is 5.50. The van der Waals surface area contributed by atoms with Gasteiger partial charge in [0.15, 0.2) is 0 Å². The van der Waals surface area contributed by atoms with Crippen molar-refractivity contribution in [3.63, 3.8) is 0 Å². The van der Waals surface area contributed by atoms with Gasteiger partial charge in [-0.3, -0.25) is 0 Å². The van der Waals surface area contributed by atoms with Crippen LogP contribution >= 0.6 is 0 Å². The van der Waals surface area contributed by atoms with E-state index < -0.39 is 0 Å². The van der Waals surface area contributed by atoms with E-state index >= 15 is 0 Å². The Bertz CT molecular complexity index is 210. The van der Waals surface area contributed by atoms with E-state index in [0.717, 1.165) is 25.7 Å². The highest BCUT2D eigenvalue weighted by Crippen LogP contribution is 2.44. The molecule has 0 amide bonds. The molecule has 3 nitrogen and oxygen atoms in total. The SMILES string of the molecule is CC(CC1CCOCC1)NCC1(CO)CC1. The van der Waals surface area contributed by atoms with Gasteiger partial charge < -0.3 is 15.2 Å². The zero-order valence-electron chi connectivity index (χ0n) is 10.4. The lowest BCUT2D eigenvalue weighted by atomic mass is 9.93. The summed E-state index contributed by atoms with van der Waals surface area (Å²) < 4.78 is 5.37. The number of nitrogens with one attached hydrogen (secondary N) is 1. The van der Waals surface area contributed by atoms with Gasteiger partial charge in [0.05, 0.1) is 0 Å². The predicted molar refractivity (Wildman–Crippen MR) is 64.4 cm³/mol. The van der Waals surface area contributed by atoms with Gasteiger partial charge in [0.2, 0.25) is 0 Å². The Morgan fingerprint density at radius 2 is 2.06 bits per heavy atom. The molecule has 3 heteroatoms. The zero-order chi connectivity index (χ0) is 11.4. The molecule has 0 aromatic carbocycles. The standard InChI is InChI=1S/C13H25NO2/c1-11(8-12-2-6-16-7-3-12)14-9-13(10-15)4-5-13/h11-12,14-15H,2-10H2,1H3. The second kappa shape index (κ2) is 5.48.